The molecule has 2 aromatic rings. The van der Waals surface area contributed by atoms with Gasteiger partial charge in [0.1, 0.15) is 11.4 Å². The Labute approximate surface area is 117 Å². The van der Waals surface area contributed by atoms with E-state index < -0.39 is 0 Å². The number of hydrogen-bond donors (Lipinski definition) is 2. The van der Waals surface area contributed by atoms with E-state index in [1.807, 2.05) is 20.9 Å². The molecular weight excluding hydrogens is 256 g/mol. The molecule has 0 bridgehead atoms. The van der Waals surface area contributed by atoms with E-state index in [0.29, 0.717) is 22.7 Å². The van der Waals surface area contributed by atoms with Crippen molar-refractivity contribution in [3.8, 4) is 11.5 Å². The van der Waals surface area contributed by atoms with Gasteiger partial charge in [0.2, 0.25) is 0 Å². The maximum absolute atomic E-state index is 11.9. The van der Waals surface area contributed by atoms with Crippen molar-refractivity contribution in [2.24, 2.45) is 7.05 Å². The topological polar surface area (TPSA) is 82.2 Å². The van der Waals surface area contributed by atoms with E-state index in [4.69, 9.17) is 10.5 Å². The smallest absolute Gasteiger partial charge is 0.254 e. The van der Waals surface area contributed by atoms with Crippen LogP contribution in [0, 0.1) is 13.8 Å². The molecule has 0 spiro atoms. The Morgan fingerprint density at radius 2 is 2.10 bits per heavy atom. The summed E-state index contributed by atoms with van der Waals surface area (Å²) >= 11 is 0. The van der Waals surface area contributed by atoms with E-state index in [1.165, 1.54) is 0 Å². The molecule has 0 saturated carbocycles. The van der Waals surface area contributed by atoms with E-state index >= 15 is 0 Å². The third-order valence-corrected chi connectivity index (χ3v) is 3.13. The zero-order valence-corrected chi connectivity index (χ0v) is 12.0. The number of nitrogens with zero attached hydrogens (tertiary/aromatic N) is 2. The second-order valence-corrected chi connectivity index (χ2v) is 4.56. The molecule has 2 rings (SSSR count). The van der Waals surface area contributed by atoms with Gasteiger partial charge in [0.25, 0.3) is 5.91 Å². The van der Waals surface area contributed by atoms with E-state index in [-0.39, 0.29) is 5.91 Å². The van der Waals surface area contributed by atoms with Crippen molar-refractivity contribution in [1.82, 2.24) is 15.1 Å². The summed E-state index contributed by atoms with van der Waals surface area (Å²) in [6.45, 7) is 3.76. The summed E-state index contributed by atoms with van der Waals surface area (Å²) < 4.78 is 7.60. The van der Waals surface area contributed by atoms with Crippen LogP contribution in [0.4, 0.5) is 5.69 Å². The van der Waals surface area contributed by atoms with Crippen molar-refractivity contribution in [1.29, 1.82) is 0 Å². The van der Waals surface area contributed by atoms with Gasteiger partial charge in [-0.25, -0.2) is 0 Å². The fraction of sp³-hybridized carbons (Fsp3) is 0.286. The lowest BCUT2D eigenvalue weighted by Gasteiger charge is -2.11. The molecular formula is C14H18N4O2. The molecule has 0 aliphatic carbocycles. The molecule has 0 aliphatic heterocycles. The van der Waals surface area contributed by atoms with Gasteiger partial charge in [-0.3, -0.25) is 9.48 Å². The fourth-order valence-corrected chi connectivity index (χ4v) is 1.96. The van der Waals surface area contributed by atoms with Crippen molar-refractivity contribution in [2.75, 3.05) is 12.8 Å². The first-order valence-electron chi connectivity index (χ1n) is 6.23. The molecule has 0 fully saturated rings. The average molecular weight is 274 g/mol. The lowest BCUT2D eigenvalue weighted by atomic mass is 10.1. The highest BCUT2D eigenvalue weighted by Crippen LogP contribution is 2.31. The largest absolute Gasteiger partial charge is 0.453 e. The summed E-state index contributed by atoms with van der Waals surface area (Å²) in [4.78, 5) is 11.9. The van der Waals surface area contributed by atoms with Gasteiger partial charge in [-0.2, -0.15) is 5.10 Å². The number of benzene rings is 1. The zero-order valence-electron chi connectivity index (χ0n) is 12.0. The van der Waals surface area contributed by atoms with Crippen molar-refractivity contribution < 1.29 is 9.53 Å². The molecule has 106 valence electrons. The number of nitrogen functional groups attached to an aromatic ring is 1. The highest BCUT2D eigenvalue weighted by molar-refractivity contribution is 5.97. The van der Waals surface area contributed by atoms with Gasteiger partial charge in [-0.1, -0.05) is 0 Å². The Morgan fingerprint density at radius 3 is 2.65 bits per heavy atom. The number of anilines is 1. The predicted molar refractivity (Wildman–Crippen MR) is 77.0 cm³/mol. The first kappa shape index (κ1) is 13.9. The molecule has 1 aromatic carbocycles. The molecule has 1 amide bonds. The van der Waals surface area contributed by atoms with Crippen molar-refractivity contribution >= 4 is 11.6 Å². The Morgan fingerprint density at radius 1 is 1.40 bits per heavy atom. The first-order chi connectivity index (χ1) is 9.43. The maximum Gasteiger partial charge on any atom is 0.254 e. The highest BCUT2D eigenvalue weighted by Gasteiger charge is 2.17. The van der Waals surface area contributed by atoms with Crippen LogP contribution < -0.4 is 15.8 Å². The summed E-state index contributed by atoms with van der Waals surface area (Å²) in [5.41, 5.74) is 8.38. The van der Waals surface area contributed by atoms with Crippen LogP contribution in [0.3, 0.4) is 0 Å². The Kier molecular flexibility index (Phi) is 3.65. The number of nitrogens with one attached hydrogen (secondary N) is 1. The first-order valence-corrected chi connectivity index (χ1v) is 6.23. The Balaban J connectivity index is 2.47. The Bertz CT molecular complexity index is 661. The normalized spacial score (nSPS) is 10.4. The summed E-state index contributed by atoms with van der Waals surface area (Å²) in [5.74, 6) is 0.839. The number of ether oxygens (including phenoxy) is 1. The van der Waals surface area contributed by atoms with Gasteiger partial charge < -0.3 is 15.8 Å². The molecule has 0 atom stereocenters. The van der Waals surface area contributed by atoms with E-state index in [9.17, 15) is 4.79 Å². The minimum Gasteiger partial charge on any atom is -0.453 e. The highest BCUT2D eigenvalue weighted by atomic mass is 16.5. The number of rotatable bonds is 3. The quantitative estimate of drug-likeness (QED) is 0.836. The van der Waals surface area contributed by atoms with Crippen molar-refractivity contribution in [2.45, 2.75) is 13.8 Å². The van der Waals surface area contributed by atoms with Crippen molar-refractivity contribution in [3.05, 3.63) is 35.2 Å². The predicted octanol–water partition coefficient (Wildman–Crippen LogP) is 1.77. The SMILES string of the molecule is CNC(=O)c1ccc(N)cc1Oc1c(C)nn(C)c1C. The van der Waals surface area contributed by atoms with Crippen LogP contribution in [0.1, 0.15) is 21.7 Å². The monoisotopic (exact) mass is 274 g/mol. The van der Waals surface area contributed by atoms with Gasteiger partial charge >= 0.3 is 0 Å². The minimum absolute atomic E-state index is 0.223. The van der Waals surface area contributed by atoms with Crippen LogP contribution in [-0.4, -0.2) is 22.7 Å². The molecule has 1 aromatic heterocycles. The molecule has 6 nitrogen and oxygen atoms in total. The molecule has 0 unspecified atom stereocenters. The van der Waals surface area contributed by atoms with Crippen LogP contribution in [0.15, 0.2) is 18.2 Å². The third-order valence-electron chi connectivity index (χ3n) is 3.13. The molecule has 3 N–H and O–H groups in total. The molecule has 0 radical (unpaired) electrons. The Hall–Kier alpha value is -2.50. The number of carbonyl (C=O) groups is 1. The number of aromatic nitrogens is 2. The van der Waals surface area contributed by atoms with Crippen LogP contribution >= 0.6 is 0 Å². The molecule has 20 heavy (non-hydrogen) atoms. The average Bonchev–Trinajstić information content (AvgIpc) is 2.65. The standard InChI is InChI=1S/C14H18N4O2/c1-8-13(9(2)18(4)17-8)20-12-7-10(15)5-6-11(12)14(19)16-3/h5-7H,15H2,1-4H3,(H,16,19). The fourth-order valence-electron chi connectivity index (χ4n) is 1.96. The number of nitrogens with two attached hydrogens (primary N) is 1. The molecule has 0 aliphatic rings. The van der Waals surface area contributed by atoms with E-state index in [2.05, 4.69) is 10.4 Å². The van der Waals surface area contributed by atoms with Gasteiger partial charge in [0.05, 0.1) is 11.3 Å². The molecule has 0 saturated heterocycles. The summed E-state index contributed by atoms with van der Waals surface area (Å²) in [5, 5.41) is 6.86. The second-order valence-electron chi connectivity index (χ2n) is 4.56. The number of aryl methyl sites for hydroxylation is 2. The summed E-state index contributed by atoms with van der Waals surface area (Å²) in [6, 6.07) is 4.95. The van der Waals surface area contributed by atoms with Gasteiger partial charge in [-0.15, -0.1) is 0 Å². The van der Waals surface area contributed by atoms with Crippen LogP contribution in [-0.2, 0) is 7.05 Å². The molecule has 1 heterocycles. The maximum atomic E-state index is 11.9. The number of amides is 1. The zero-order chi connectivity index (χ0) is 14.9. The lowest BCUT2D eigenvalue weighted by Crippen LogP contribution is -2.18. The van der Waals surface area contributed by atoms with Gasteiger partial charge in [0, 0.05) is 25.8 Å². The van der Waals surface area contributed by atoms with Crippen LogP contribution in [0.2, 0.25) is 0 Å². The number of carbonyl (C=O) groups excluding carboxylic acids is 1. The molecule has 6 heteroatoms. The lowest BCUT2D eigenvalue weighted by molar-refractivity contribution is 0.0961. The summed E-state index contributed by atoms with van der Waals surface area (Å²) in [6.07, 6.45) is 0. The van der Waals surface area contributed by atoms with Crippen molar-refractivity contribution in [3.63, 3.8) is 0 Å². The minimum atomic E-state index is -0.223. The van der Waals surface area contributed by atoms with E-state index in [1.54, 1.807) is 29.9 Å². The second kappa shape index (κ2) is 5.24. The van der Waals surface area contributed by atoms with Crippen LogP contribution in [0.25, 0.3) is 0 Å². The van der Waals surface area contributed by atoms with Gasteiger partial charge in [-0.05, 0) is 26.0 Å². The van der Waals surface area contributed by atoms with E-state index in [0.717, 1.165) is 11.4 Å². The third kappa shape index (κ3) is 2.45. The van der Waals surface area contributed by atoms with Gasteiger partial charge in [0.15, 0.2) is 5.75 Å². The van der Waals surface area contributed by atoms with Crippen LogP contribution in [0.5, 0.6) is 11.5 Å². The number of hydrogen-bond acceptors (Lipinski definition) is 4. The summed E-state index contributed by atoms with van der Waals surface area (Å²) in [7, 11) is 3.41.